The highest BCUT2D eigenvalue weighted by atomic mass is 16.6. The highest BCUT2D eigenvalue weighted by Crippen LogP contribution is 2.31. The number of nitro groups is 2. The number of anilines is 1. The van der Waals surface area contributed by atoms with Crippen molar-refractivity contribution in [3.05, 3.63) is 37.9 Å². The molecule has 0 spiro atoms. The molecular formula is C7H7N3O4. The first-order valence-corrected chi connectivity index (χ1v) is 3.63. The second kappa shape index (κ2) is 3.29. The van der Waals surface area contributed by atoms with Crippen LogP contribution in [-0.2, 0) is 0 Å². The molecule has 0 saturated carbocycles. The summed E-state index contributed by atoms with van der Waals surface area (Å²) in [6.45, 7) is 1.38. The van der Waals surface area contributed by atoms with E-state index in [0.717, 1.165) is 12.1 Å². The Balaban J connectivity index is 3.41. The van der Waals surface area contributed by atoms with Gasteiger partial charge >= 0.3 is 0 Å². The Labute approximate surface area is 78.4 Å². The summed E-state index contributed by atoms with van der Waals surface area (Å²) < 4.78 is 0. The molecule has 7 heteroatoms. The van der Waals surface area contributed by atoms with E-state index in [-0.39, 0.29) is 22.6 Å². The maximum atomic E-state index is 10.4. The molecule has 14 heavy (non-hydrogen) atoms. The molecule has 1 aromatic carbocycles. The van der Waals surface area contributed by atoms with Crippen molar-refractivity contribution in [2.45, 2.75) is 6.92 Å². The molecule has 0 aliphatic heterocycles. The molecule has 0 saturated heterocycles. The number of nitrogens with zero attached hydrogens (tertiary/aromatic N) is 2. The van der Waals surface area contributed by atoms with Crippen LogP contribution in [0.4, 0.5) is 17.1 Å². The van der Waals surface area contributed by atoms with E-state index in [1.807, 2.05) is 0 Å². The Bertz CT molecular complexity index is 377. The highest BCUT2D eigenvalue weighted by molar-refractivity contribution is 5.68. The third-order valence-electron chi connectivity index (χ3n) is 1.86. The van der Waals surface area contributed by atoms with Crippen molar-refractivity contribution in [1.82, 2.24) is 0 Å². The summed E-state index contributed by atoms with van der Waals surface area (Å²) in [6.07, 6.45) is 0. The average Bonchev–Trinajstić information content (AvgIpc) is 2.08. The number of nitro benzene ring substituents is 2. The second-order valence-corrected chi connectivity index (χ2v) is 2.66. The fourth-order valence-electron chi connectivity index (χ4n) is 1.06. The summed E-state index contributed by atoms with van der Waals surface area (Å²) in [5.41, 5.74) is 4.80. The molecule has 0 bridgehead atoms. The Morgan fingerprint density at radius 3 is 2.00 bits per heavy atom. The molecule has 2 N–H and O–H groups in total. The summed E-state index contributed by atoms with van der Waals surface area (Å²) in [6, 6.07) is 2.10. The molecule has 7 nitrogen and oxygen atoms in total. The summed E-state index contributed by atoms with van der Waals surface area (Å²) in [5, 5.41) is 20.8. The summed E-state index contributed by atoms with van der Waals surface area (Å²) >= 11 is 0. The van der Waals surface area contributed by atoms with E-state index in [0.29, 0.717) is 0 Å². The van der Waals surface area contributed by atoms with Crippen molar-refractivity contribution >= 4 is 17.1 Å². The molecule has 0 amide bonds. The third-order valence-corrected chi connectivity index (χ3v) is 1.86. The number of nitrogen functional groups attached to an aromatic ring is 1. The van der Waals surface area contributed by atoms with Crippen LogP contribution in [0.25, 0.3) is 0 Å². The average molecular weight is 197 g/mol. The van der Waals surface area contributed by atoms with E-state index in [1.54, 1.807) is 0 Å². The van der Waals surface area contributed by atoms with Crippen molar-refractivity contribution in [2.24, 2.45) is 0 Å². The molecule has 1 rings (SSSR count). The molecule has 1 aromatic rings. The predicted molar refractivity (Wildman–Crippen MR) is 48.9 cm³/mol. The maximum Gasteiger partial charge on any atom is 0.292 e. The SMILES string of the molecule is Cc1c([N+](=O)[O-])ccc([N+](=O)[O-])c1N. The van der Waals surface area contributed by atoms with Crippen LogP contribution in [0.2, 0.25) is 0 Å². The zero-order chi connectivity index (χ0) is 10.9. The monoisotopic (exact) mass is 197 g/mol. The number of hydrogen-bond acceptors (Lipinski definition) is 5. The number of benzene rings is 1. The first-order valence-electron chi connectivity index (χ1n) is 3.63. The van der Waals surface area contributed by atoms with Gasteiger partial charge in [0.1, 0.15) is 5.69 Å². The van der Waals surface area contributed by atoms with Crippen LogP contribution in [0.3, 0.4) is 0 Å². The second-order valence-electron chi connectivity index (χ2n) is 2.66. The topological polar surface area (TPSA) is 112 Å². The molecular weight excluding hydrogens is 190 g/mol. The lowest BCUT2D eigenvalue weighted by molar-refractivity contribution is -0.388. The Hall–Kier alpha value is -2.18. The van der Waals surface area contributed by atoms with Gasteiger partial charge in [-0.3, -0.25) is 20.2 Å². The van der Waals surface area contributed by atoms with E-state index < -0.39 is 9.85 Å². The van der Waals surface area contributed by atoms with Crippen LogP contribution in [0, 0.1) is 27.2 Å². The van der Waals surface area contributed by atoms with E-state index in [9.17, 15) is 20.2 Å². The smallest absolute Gasteiger partial charge is 0.292 e. The molecule has 74 valence electrons. The normalized spacial score (nSPS) is 9.79. The lowest BCUT2D eigenvalue weighted by Gasteiger charge is -2.01. The quantitative estimate of drug-likeness (QED) is 0.437. The zero-order valence-electron chi connectivity index (χ0n) is 7.26. The van der Waals surface area contributed by atoms with Crippen LogP contribution >= 0.6 is 0 Å². The maximum absolute atomic E-state index is 10.4. The molecule has 0 aliphatic carbocycles. The third kappa shape index (κ3) is 1.47. The predicted octanol–water partition coefficient (Wildman–Crippen LogP) is 1.39. The summed E-state index contributed by atoms with van der Waals surface area (Å²) in [4.78, 5) is 19.5. The summed E-state index contributed by atoms with van der Waals surface area (Å²) in [5.74, 6) is 0. The fraction of sp³-hybridized carbons (Fsp3) is 0.143. The van der Waals surface area contributed by atoms with Crippen molar-refractivity contribution in [1.29, 1.82) is 0 Å². The van der Waals surface area contributed by atoms with E-state index in [1.165, 1.54) is 6.92 Å². The van der Waals surface area contributed by atoms with Gasteiger partial charge in [-0.15, -0.1) is 0 Å². The molecule has 0 radical (unpaired) electrons. The van der Waals surface area contributed by atoms with Crippen LogP contribution in [0.1, 0.15) is 5.56 Å². The van der Waals surface area contributed by atoms with Gasteiger partial charge in [0.05, 0.1) is 15.4 Å². The van der Waals surface area contributed by atoms with Crippen molar-refractivity contribution in [3.63, 3.8) is 0 Å². The molecule has 0 fully saturated rings. The van der Waals surface area contributed by atoms with Crippen LogP contribution < -0.4 is 5.73 Å². The fourth-order valence-corrected chi connectivity index (χ4v) is 1.06. The Morgan fingerprint density at radius 2 is 1.57 bits per heavy atom. The van der Waals surface area contributed by atoms with Crippen molar-refractivity contribution < 1.29 is 9.85 Å². The molecule has 0 aliphatic rings. The standard InChI is InChI=1S/C7H7N3O4/c1-4-5(9(11)12)2-3-6(7(4)8)10(13)14/h2-3H,8H2,1H3. The highest BCUT2D eigenvalue weighted by Gasteiger charge is 2.20. The van der Waals surface area contributed by atoms with Gasteiger partial charge in [0.15, 0.2) is 0 Å². The minimum atomic E-state index is -0.675. The first kappa shape index (κ1) is 9.90. The van der Waals surface area contributed by atoms with Crippen molar-refractivity contribution in [2.75, 3.05) is 5.73 Å². The molecule has 0 heterocycles. The number of nitrogens with two attached hydrogens (primary N) is 1. The van der Waals surface area contributed by atoms with E-state index in [2.05, 4.69) is 0 Å². The van der Waals surface area contributed by atoms with Crippen molar-refractivity contribution in [3.8, 4) is 0 Å². The van der Waals surface area contributed by atoms with E-state index in [4.69, 9.17) is 5.73 Å². The minimum absolute atomic E-state index is 0.115. The van der Waals surface area contributed by atoms with Gasteiger partial charge in [0, 0.05) is 12.1 Å². The van der Waals surface area contributed by atoms with Crippen LogP contribution in [0.5, 0.6) is 0 Å². The van der Waals surface area contributed by atoms with Gasteiger partial charge in [-0.1, -0.05) is 0 Å². The zero-order valence-corrected chi connectivity index (χ0v) is 7.26. The Kier molecular flexibility index (Phi) is 2.32. The van der Waals surface area contributed by atoms with Gasteiger partial charge in [0.2, 0.25) is 0 Å². The molecule has 0 atom stereocenters. The molecule has 0 unspecified atom stereocenters. The van der Waals surface area contributed by atoms with Crippen LogP contribution in [-0.4, -0.2) is 9.85 Å². The lowest BCUT2D eigenvalue weighted by atomic mass is 10.1. The number of rotatable bonds is 2. The minimum Gasteiger partial charge on any atom is -0.393 e. The van der Waals surface area contributed by atoms with Crippen LogP contribution in [0.15, 0.2) is 12.1 Å². The van der Waals surface area contributed by atoms with E-state index >= 15 is 0 Å². The van der Waals surface area contributed by atoms with Gasteiger partial charge < -0.3 is 5.73 Å². The van der Waals surface area contributed by atoms with Gasteiger partial charge in [-0.05, 0) is 6.92 Å². The van der Waals surface area contributed by atoms with Gasteiger partial charge in [-0.25, -0.2) is 0 Å². The largest absolute Gasteiger partial charge is 0.393 e. The number of hydrogen-bond donors (Lipinski definition) is 1. The summed E-state index contributed by atoms with van der Waals surface area (Å²) in [7, 11) is 0. The van der Waals surface area contributed by atoms with Gasteiger partial charge in [0.25, 0.3) is 11.4 Å². The first-order chi connectivity index (χ1) is 6.45. The van der Waals surface area contributed by atoms with Gasteiger partial charge in [-0.2, -0.15) is 0 Å². The lowest BCUT2D eigenvalue weighted by Crippen LogP contribution is -2.01. The molecule has 0 aromatic heterocycles. The Morgan fingerprint density at radius 1 is 1.14 bits per heavy atom.